The zero-order valence-electron chi connectivity index (χ0n) is 15.8. The zero-order valence-corrected chi connectivity index (χ0v) is 18.1. The summed E-state index contributed by atoms with van der Waals surface area (Å²) in [5.74, 6) is 3.29. The molecular weight excluding hydrogens is 433 g/mol. The molecule has 25 heavy (non-hydrogen) atoms. The number of piperidine rings is 1. The van der Waals surface area contributed by atoms with Crippen LogP contribution in [0.4, 0.5) is 0 Å². The van der Waals surface area contributed by atoms with Gasteiger partial charge in [0.1, 0.15) is 5.76 Å². The number of nitrogens with zero attached hydrogens (tertiary/aromatic N) is 3. The number of ether oxygens (including phenoxy) is 1. The van der Waals surface area contributed by atoms with Crippen LogP contribution in [0.1, 0.15) is 30.2 Å². The van der Waals surface area contributed by atoms with Crippen LogP contribution in [0, 0.1) is 19.8 Å². The standard InChI is InChI=1S/C17H31N5O2.HI/c1-13-14(2)24-16(21-13)12-22-8-5-15(6-9-22)11-20-17(18-3)19-7-10-23-4;/h15H,5-12H2,1-4H3,(H2,18,19,20);1H. The highest BCUT2D eigenvalue weighted by atomic mass is 127. The molecule has 144 valence electrons. The number of nitrogens with one attached hydrogen (secondary N) is 2. The third kappa shape index (κ3) is 7.49. The Morgan fingerprint density at radius 2 is 2.04 bits per heavy atom. The minimum Gasteiger partial charge on any atom is -0.444 e. The Kier molecular flexibility index (Phi) is 10.4. The van der Waals surface area contributed by atoms with Crippen molar-refractivity contribution in [3.63, 3.8) is 0 Å². The van der Waals surface area contributed by atoms with E-state index >= 15 is 0 Å². The second-order valence-corrected chi connectivity index (χ2v) is 6.34. The average Bonchev–Trinajstić information content (AvgIpc) is 2.90. The van der Waals surface area contributed by atoms with Crippen molar-refractivity contribution in [2.45, 2.75) is 33.2 Å². The Morgan fingerprint density at radius 1 is 1.32 bits per heavy atom. The molecule has 1 aromatic rings. The monoisotopic (exact) mass is 465 g/mol. The van der Waals surface area contributed by atoms with E-state index in [-0.39, 0.29) is 24.0 Å². The van der Waals surface area contributed by atoms with E-state index in [1.807, 2.05) is 13.8 Å². The molecule has 0 bridgehead atoms. The maximum atomic E-state index is 5.68. The van der Waals surface area contributed by atoms with Gasteiger partial charge in [-0.15, -0.1) is 24.0 Å². The molecule has 0 spiro atoms. The summed E-state index contributed by atoms with van der Waals surface area (Å²) in [5.41, 5.74) is 0.997. The molecule has 8 heteroatoms. The van der Waals surface area contributed by atoms with Gasteiger partial charge in [-0.3, -0.25) is 9.89 Å². The smallest absolute Gasteiger partial charge is 0.208 e. The number of methoxy groups -OCH3 is 1. The molecule has 2 rings (SSSR count). The molecule has 0 amide bonds. The number of hydrogen-bond acceptors (Lipinski definition) is 5. The number of guanidine groups is 1. The Morgan fingerprint density at radius 3 is 2.60 bits per heavy atom. The number of likely N-dealkylation sites (tertiary alicyclic amines) is 1. The first-order valence-electron chi connectivity index (χ1n) is 8.71. The molecule has 0 saturated carbocycles. The van der Waals surface area contributed by atoms with Gasteiger partial charge in [-0.1, -0.05) is 0 Å². The molecule has 0 aromatic carbocycles. The van der Waals surface area contributed by atoms with Crippen molar-refractivity contribution in [1.29, 1.82) is 0 Å². The van der Waals surface area contributed by atoms with Crippen LogP contribution in [-0.4, -0.2) is 62.8 Å². The fraction of sp³-hybridized carbons (Fsp3) is 0.765. The lowest BCUT2D eigenvalue weighted by atomic mass is 9.97. The molecule has 0 radical (unpaired) electrons. The third-order valence-electron chi connectivity index (χ3n) is 4.52. The summed E-state index contributed by atoms with van der Waals surface area (Å²) >= 11 is 0. The van der Waals surface area contributed by atoms with Crippen LogP contribution in [-0.2, 0) is 11.3 Å². The Labute approximate surface area is 168 Å². The third-order valence-corrected chi connectivity index (χ3v) is 4.52. The van der Waals surface area contributed by atoms with Gasteiger partial charge in [-0.25, -0.2) is 4.98 Å². The van der Waals surface area contributed by atoms with Crippen LogP contribution >= 0.6 is 24.0 Å². The number of halogens is 1. The number of aryl methyl sites for hydroxylation is 2. The first kappa shape index (κ1) is 22.2. The lowest BCUT2D eigenvalue weighted by molar-refractivity contribution is 0.164. The van der Waals surface area contributed by atoms with Crippen molar-refractivity contribution in [2.75, 3.05) is 46.9 Å². The minimum atomic E-state index is 0. The topological polar surface area (TPSA) is 74.9 Å². The van der Waals surface area contributed by atoms with Crippen molar-refractivity contribution in [3.8, 4) is 0 Å². The number of oxazole rings is 1. The molecule has 2 N–H and O–H groups in total. The predicted octanol–water partition coefficient (Wildman–Crippen LogP) is 1.93. The number of aliphatic imine (C=N–C) groups is 1. The van der Waals surface area contributed by atoms with Gasteiger partial charge in [0, 0.05) is 27.2 Å². The molecule has 0 aliphatic carbocycles. The lowest BCUT2D eigenvalue weighted by Crippen LogP contribution is -2.43. The SMILES string of the molecule is CN=C(NCCOC)NCC1CCN(Cc2nc(C)c(C)o2)CC1.I. The number of aromatic nitrogens is 1. The van der Waals surface area contributed by atoms with Gasteiger partial charge in [0.25, 0.3) is 0 Å². The van der Waals surface area contributed by atoms with Crippen molar-refractivity contribution < 1.29 is 9.15 Å². The van der Waals surface area contributed by atoms with Crippen molar-refractivity contribution in [3.05, 3.63) is 17.3 Å². The normalized spacial score (nSPS) is 16.6. The first-order chi connectivity index (χ1) is 11.6. The number of hydrogen-bond donors (Lipinski definition) is 2. The van der Waals surface area contributed by atoms with Crippen LogP contribution in [0.15, 0.2) is 9.41 Å². The molecular formula is C17H32IN5O2. The molecule has 1 aliphatic rings. The van der Waals surface area contributed by atoms with E-state index in [0.29, 0.717) is 12.5 Å². The summed E-state index contributed by atoms with van der Waals surface area (Å²) in [6, 6.07) is 0. The Bertz CT molecular complexity index is 508. The molecule has 1 aliphatic heterocycles. The predicted molar refractivity (Wildman–Crippen MR) is 111 cm³/mol. The molecule has 1 aromatic heterocycles. The highest BCUT2D eigenvalue weighted by Crippen LogP contribution is 2.19. The van der Waals surface area contributed by atoms with Gasteiger partial charge < -0.3 is 19.8 Å². The largest absolute Gasteiger partial charge is 0.444 e. The van der Waals surface area contributed by atoms with Crippen LogP contribution in [0.25, 0.3) is 0 Å². The van der Waals surface area contributed by atoms with Crippen LogP contribution in [0.3, 0.4) is 0 Å². The Hall–Kier alpha value is -0.870. The van der Waals surface area contributed by atoms with E-state index in [0.717, 1.165) is 56.0 Å². The van der Waals surface area contributed by atoms with E-state index in [4.69, 9.17) is 9.15 Å². The Balaban J connectivity index is 0.00000312. The fourth-order valence-electron chi connectivity index (χ4n) is 2.88. The van der Waals surface area contributed by atoms with Crippen molar-refractivity contribution in [1.82, 2.24) is 20.5 Å². The van der Waals surface area contributed by atoms with E-state index in [9.17, 15) is 0 Å². The van der Waals surface area contributed by atoms with Gasteiger partial charge in [-0.05, 0) is 45.7 Å². The quantitative estimate of drug-likeness (QED) is 0.278. The van der Waals surface area contributed by atoms with Crippen LogP contribution < -0.4 is 10.6 Å². The summed E-state index contributed by atoms with van der Waals surface area (Å²) in [6.07, 6.45) is 2.36. The summed E-state index contributed by atoms with van der Waals surface area (Å²) in [7, 11) is 3.50. The maximum Gasteiger partial charge on any atom is 0.208 e. The van der Waals surface area contributed by atoms with Gasteiger partial charge in [0.05, 0.1) is 18.8 Å². The first-order valence-corrected chi connectivity index (χ1v) is 8.71. The lowest BCUT2D eigenvalue weighted by Gasteiger charge is -2.31. The molecule has 0 atom stereocenters. The average molecular weight is 465 g/mol. The molecule has 0 unspecified atom stereocenters. The fourth-order valence-corrected chi connectivity index (χ4v) is 2.88. The summed E-state index contributed by atoms with van der Waals surface area (Å²) < 4.78 is 10.7. The summed E-state index contributed by atoms with van der Waals surface area (Å²) in [6.45, 7) is 9.35. The highest BCUT2D eigenvalue weighted by Gasteiger charge is 2.21. The van der Waals surface area contributed by atoms with Gasteiger partial charge >= 0.3 is 0 Å². The second kappa shape index (κ2) is 11.7. The van der Waals surface area contributed by atoms with Gasteiger partial charge in [0.15, 0.2) is 5.96 Å². The van der Waals surface area contributed by atoms with E-state index in [2.05, 4.69) is 25.5 Å². The summed E-state index contributed by atoms with van der Waals surface area (Å²) in [4.78, 5) is 11.1. The van der Waals surface area contributed by atoms with Crippen molar-refractivity contribution in [2.24, 2.45) is 10.9 Å². The van der Waals surface area contributed by atoms with E-state index in [1.54, 1.807) is 14.2 Å². The van der Waals surface area contributed by atoms with Crippen LogP contribution in [0.5, 0.6) is 0 Å². The van der Waals surface area contributed by atoms with E-state index < -0.39 is 0 Å². The number of rotatable bonds is 7. The molecule has 2 heterocycles. The molecule has 7 nitrogen and oxygen atoms in total. The molecule has 1 saturated heterocycles. The van der Waals surface area contributed by atoms with Gasteiger partial charge in [0.2, 0.25) is 5.89 Å². The zero-order chi connectivity index (χ0) is 17.4. The maximum absolute atomic E-state index is 5.68. The van der Waals surface area contributed by atoms with Crippen LogP contribution in [0.2, 0.25) is 0 Å². The second-order valence-electron chi connectivity index (χ2n) is 6.34. The van der Waals surface area contributed by atoms with E-state index in [1.165, 1.54) is 12.8 Å². The molecule has 1 fully saturated rings. The highest BCUT2D eigenvalue weighted by molar-refractivity contribution is 14.0. The van der Waals surface area contributed by atoms with Crippen molar-refractivity contribution >= 4 is 29.9 Å². The minimum absolute atomic E-state index is 0. The van der Waals surface area contributed by atoms with Gasteiger partial charge in [-0.2, -0.15) is 0 Å². The summed E-state index contributed by atoms with van der Waals surface area (Å²) in [5, 5.41) is 6.65.